The van der Waals surface area contributed by atoms with Gasteiger partial charge in [-0.1, -0.05) is 35.5 Å². The van der Waals surface area contributed by atoms with Crippen LogP contribution in [0.15, 0.2) is 78.0 Å². The molecule has 4 aromatic rings. The number of aromatic nitrogens is 3. The second-order valence-corrected chi connectivity index (χ2v) is 7.94. The Morgan fingerprint density at radius 3 is 2.64 bits per heavy atom. The summed E-state index contributed by atoms with van der Waals surface area (Å²) in [5.74, 6) is -0.509. The van der Waals surface area contributed by atoms with Gasteiger partial charge in [-0.05, 0) is 35.9 Å². The Morgan fingerprint density at radius 2 is 1.88 bits per heavy atom. The average molecular weight is 440 g/mol. The van der Waals surface area contributed by atoms with Crippen molar-refractivity contribution in [1.29, 1.82) is 0 Å². The number of anilines is 2. The molecule has 1 aliphatic heterocycles. The Morgan fingerprint density at radius 1 is 1.03 bits per heavy atom. The van der Waals surface area contributed by atoms with Crippen LogP contribution in [0.5, 0.6) is 0 Å². The highest BCUT2D eigenvalue weighted by atomic mass is 19.1. The zero-order chi connectivity index (χ0) is 22.9. The van der Waals surface area contributed by atoms with Crippen molar-refractivity contribution in [3.63, 3.8) is 0 Å². The van der Waals surface area contributed by atoms with Crippen LogP contribution >= 0.6 is 0 Å². The Hall–Kier alpha value is -4.33. The maximum atomic E-state index is 14.6. The van der Waals surface area contributed by atoms with Crippen molar-refractivity contribution in [3.05, 3.63) is 84.4 Å². The molecule has 0 saturated carbocycles. The van der Waals surface area contributed by atoms with Crippen molar-refractivity contribution in [3.8, 4) is 16.8 Å². The maximum absolute atomic E-state index is 14.6. The molecule has 1 N–H and O–H groups in total. The summed E-state index contributed by atoms with van der Waals surface area (Å²) in [7, 11) is 3.79. The van der Waals surface area contributed by atoms with Crippen LogP contribution in [0.2, 0.25) is 0 Å². The number of nitrogens with one attached hydrogen (secondary N) is 1. The number of carbonyl (C=O) groups is 1. The van der Waals surface area contributed by atoms with Crippen molar-refractivity contribution in [2.75, 3.05) is 24.3 Å². The smallest absolute Gasteiger partial charge is 0.230 e. The average Bonchev–Trinajstić information content (AvgIpc) is 3.29. The predicted octanol–water partition coefficient (Wildman–Crippen LogP) is 4.60. The molecule has 164 valence electrons. The number of amides is 1. The monoisotopic (exact) mass is 440 g/mol. The van der Waals surface area contributed by atoms with Gasteiger partial charge in [-0.2, -0.15) is 0 Å². The number of halogens is 1. The third kappa shape index (κ3) is 3.98. The van der Waals surface area contributed by atoms with E-state index < -0.39 is 0 Å². The van der Waals surface area contributed by atoms with E-state index in [-0.39, 0.29) is 18.1 Å². The van der Waals surface area contributed by atoms with E-state index in [2.05, 4.69) is 15.6 Å². The van der Waals surface area contributed by atoms with Crippen LogP contribution in [0.25, 0.3) is 16.8 Å². The molecule has 0 aliphatic carbocycles. The van der Waals surface area contributed by atoms with Crippen LogP contribution in [0, 0.1) is 5.82 Å². The molecule has 7 nitrogen and oxygen atoms in total. The van der Waals surface area contributed by atoms with Crippen LogP contribution in [-0.4, -0.2) is 40.7 Å². The molecule has 1 aliphatic rings. The van der Waals surface area contributed by atoms with Crippen molar-refractivity contribution in [1.82, 2.24) is 15.0 Å². The molecular weight excluding hydrogens is 419 g/mol. The number of carbonyl (C=O) groups excluding carboxylic acids is 1. The van der Waals surface area contributed by atoms with Crippen molar-refractivity contribution < 1.29 is 9.18 Å². The van der Waals surface area contributed by atoms with E-state index >= 15 is 0 Å². The number of hydrogen-bond donors (Lipinski definition) is 1. The van der Waals surface area contributed by atoms with Crippen LogP contribution < -0.4 is 10.2 Å². The molecule has 3 aromatic carbocycles. The molecule has 33 heavy (non-hydrogen) atoms. The molecule has 0 spiro atoms. The van der Waals surface area contributed by atoms with Gasteiger partial charge in [0.1, 0.15) is 5.82 Å². The van der Waals surface area contributed by atoms with Gasteiger partial charge in [-0.15, -0.1) is 5.10 Å². The number of rotatable bonds is 4. The summed E-state index contributed by atoms with van der Waals surface area (Å²) in [6, 6.07) is 17.9. The van der Waals surface area contributed by atoms with Gasteiger partial charge in [0, 0.05) is 30.9 Å². The van der Waals surface area contributed by atoms with Gasteiger partial charge in [0.15, 0.2) is 0 Å². The topological polar surface area (TPSA) is 75.4 Å². The first-order valence-corrected chi connectivity index (χ1v) is 10.4. The van der Waals surface area contributed by atoms with Gasteiger partial charge in [0.05, 0.1) is 41.6 Å². The lowest BCUT2D eigenvalue weighted by atomic mass is 10.0. The molecule has 0 radical (unpaired) electrons. The Kier molecular flexibility index (Phi) is 5.18. The first-order valence-electron chi connectivity index (χ1n) is 10.4. The van der Waals surface area contributed by atoms with Crippen LogP contribution in [0.3, 0.4) is 0 Å². The molecule has 0 unspecified atom stereocenters. The van der Waals surface area contributed by atoms with Gasteiger partial charge in [-0.3, -0.25) is 9.79 Å². The molecule has 0 saturated heterocycles. The SMILES string of the molecule is CN(C)c1cc2c(cc1-c1ccccc1F)NC(=O)CC(c1cccc(-n3ccnn3)c1)=N2. The van der Waals surface area contributed by atoms with E-state index in [0.717, 1.165) is 16.9 Å². The summed E-state index contributed by atoms with van der Waals surface area (Å²) in [4.78, 5) is 19.5. The minimum Gasteiger partial charge on any atom is -0.377 e. The van der Waals surface area contributed by atoms with E-state index in [1.54, 1.807) is 41.3 Å². The highest BCUT2D eigenvalue weighted by molar-refractivity contribution is 6.17. The van der Waals surface area contributed by atoms with E-state index in [1.165, 1.54) is 6.07 Å². The van der Waals surface area contributed by atoms with E-state index in [0.29, 0.717) is 28.2 Å². The fourth-order valence-electron chi connectivity index (χ4n) is 3.91. The molecule has 2 heterocycles. The summed E-state index contributed by atoms with van der Waals surface area (Å²) < 4.78 is 16.3. The highest BCUT2D eigenvalue weighted by Crippen LogP contribution is 2.41. The molecule has 5 rings (SSSR count). The quantitative estimate of drug-likeness (QED) is 0.503. The predicted molar refractivity (Wildman–Crippen MR) is 127 cm³/mol. The second kappa shape index (κ2) is 8.31. The lowest BCUT2D eigenvalue weighted by Gasteiger charge is -2.20. The summed E-state index contributed by atoms with van der Waals surface area (Å²) in [5.41, 5.74) is 5.39. The minimum absolute atomic E-state index is 0.113. The summed E-state index contributed by atoms with van der Waals surface area (Å²) in [6.07, 6.45) is 3.47. The number of hydrogen-bond acceptors (Lipinski definition) is 5. The first-order chi connectivity index (χ1) is 16.0. The van der Waals surface area contributed by atoms with Gasteiger partial charge in [0.2, 0.25) is 5.91 Å². The van der Waals surface area contributed by atoms with Crippen molar-refractivity contribution in [2.24, 2.45) is 4.99 Å². The van der Waals surface area contributed by atoms with Gasteiger partial charge >= 0.3 is 0 Å². The molecule has 1 amide bonds. The normalized spacial score (nSPS) is 13.1. The van der Waals surface area contributed by atoms with Crippen LogP contribution in [0.4, 0.5) is 21.5 Å². The fourth-order valence-corrected chi connectivity index (χ4v) is 3.91. The Labute approximate surface area is 190 Å². The first kappa shape index (κ1) is 20.6. The lowest BCUT2D eigenvalue weighted by Crippen LogP contribution is -2.15. The molecule has 0 bridgehead atoms. The fraction of sp³-hybridized carbons (Fsp3) is 0.120. The number of fused-ring (bicyclic) bond motifs is 1. The van der Waals surface area contributed by atoms with E-state index in [9.17, 15) is 9.18 Å². The number of aliphatic imine (C=N–C) groups is 1. The minimum atomic E-state index is -0.324. The van der Waals surface area contributed by atoms with Crippen LogP contribution in [0.1, 0.15) is 12.0 Å². The zero-order valence-corrected chi connectivity index (χ0v) is 18.2. The zero-order valence-electron chi connectivity index (χ0n) is 18.2. The third-order valence-corrected chi connectivity index (χ3v) is 5.48. The summed E-state index contributed by atoms with van der Waals surface area (Å²) in [5, 5.41) is 10.8. The molecular formula is C25H21FN6O. The molecule has 1 aromatic heterocycles. The molecule has 0 atom stereocenters. The summed E-state index contributed by atoms with van der Waals surface area (Å²) >= 11 is 0. The van der Waals surface area contributed by atoms with Gasteiger partial charge in [-0.25, -0.2) is 9.07 Å². The Bertz CT molecular complexity index is 1380. The third-order valence-electron chi connectivity index (χ3n) is 5.48. The van der Waals surface area contributed by atoms with E-state index in [1.807, 2.05) is 49.3 Å². The lowest BCUT2D eigenvalue weighted by molar-refractivity contribution is -0.115. The highest BCUT2D eigenvalue weighted by Gasteiger charge is 2.21. The number of nitrogens with zero attached hydrogens (tertiary/aromatic N) is 5. The van der Waals surface area contributed by atoms with Crippen LogP contribution in [-0.2, 0) is 4.79 Å². The van der Waals surface area contributed by atoms with Crippen molar-refractivity contribution >= 4 is 28.7 Å². The Balaban J connectivity index is 1.64. The van der Waals surface area contributed by atoms with Crippen molar-refractivity contribution in [2.45, 2.75) is 6.42 Å². The number of benzene rings is 3. The molecule has 0 fully saturated rings. The summed E-state index contributed by atoms with van der Waals surface area (Å²) in [6.45, 7) is 0. The van der Waals surface area contributed by atoms with E-state index in [4.69, 9.17) is 4.99 Å². The second-order valence-electron chi connectivity index (χ2n) is 7.94. The van der Waals surface area contributed by atoms with Gasteiger partial charge < -0.3 is 10.2 Å². The maximum Gasteiger partial charge on any atom is 0.230 e. The van der Waals surface area contributed by atoms with Gasteiger partial charge in [0.25, 0.3) is 0 Å². The largest absolute Gasteiger partial charge is 0.377 e. The standard InChI is InChI=1S/C25H21FN6O/c1-31(2)24-14-23-22(13-19(24)18-8-3-4-9-20(18)26)29-25(33)15-21(28-23)16-6-5-7-17(12-16)32-11-10-27-30-32/h3-14H,15H2,1-2H3,(H,29,33). The molecule has 8 heteroatoms.